The molecule has 2 aromatic carbocycles. The van der Waals surface area contributed by atoms with Gasteiger partial charge in [-0.2, -0.15) is 0 Å². The van der Waals surface area contributed by atoms with Gasteiger partial charge in [0, 0.05) is 17.8 Å². The molecule has 0 unspecified atom stereocenters. The molecule has 0 atom stereocenters. The van der Waals surface area contributed by atoms with Crippen molar-refractivity contribution < 1.29 is 9.53 Å². The number of methoxy groups -OCH3 is 1. The summed E-state index contributed by atoms with van der Waals surface area (Å²) in [5.41, 5.74) is 1.80. The van der Waals surface area contributed by atoms with Crippen molar-refractivity contribution in [1.82, 2.24) is 9.97 Å². The molecule has 1 heterocycles. The van der Waals surface area contributed by atoms with E-state index in [0.29, 0.717) is 11.6 Å². The maximum absolute atomic E-state index is 12.0. The fourth-order valence-electron chi connectivity index (χ4n) is 2.22. The molecule has 0 aliphatic rings. The van der Waals surface area contributed by atoms with Gasteiger partial charge in [0.05, 0.1) is 7.11 Å². The molecule has 3 aromatic rings. The predicted octanol–water partition coefficient (Wildman–Crippen LogP) is 3.88. The molecule has 0 radical (unpaired) electrons. The predicted molar refractivity (Wildman–Crippen MR) is 102 cm³/mol. The normalized spacial score (nSPS) is 10.5. The molecule has 1 aromatic heterocycles. The van der Waals surface area contributed by atoms with Crippen molar-refractivity contribution in [3.05, 3.63) is 78.6 Å². The highest BCUT2D eigenvalue weighted by Gasteiger charge is 2.03. The second-order valence-electron chi connectivity index (χ2n) is 5.38. The topological polar surface area (TPSA) is 76.1 Å². The quantitative estimate of drug-likeness (QED) is 0.663. The van der Waals surface area contributed by atoms with Crippen LogP contribution >= 0.6 is 0 Å². The number of ether oxygens (including phenoxy) is 1. The highest BCUT2D eigenvalue weighted by atomic mass is 16.5. The van der Waals surface area contributed by atoms with Gasteiger partial charge < -0.3 is 15.4 Å². The summed E-state index contributed by atoms with van der Waals surface area (Å²) in [6, 6.07) is 18.7. The minimum absolute atomic E-state index is 0.261. The number of anilines is 3. The van der Waals surface area contributed by atoms with Gasteiger partial charge in [-0.25, -0.2) is 9.97 Å². The summed E-state index contributed by atoms with van der Waals surface area (Å²) < 4.78 is 5.13. The van der Waals surface area contributed by atoms with Crippen molar-refractivity contribution >= 4 is 29.3 Å². The van der Waals surface area contributed by atoms with E-state index < -0.39 is 0 Å². The minimum Gasteiger partial charge on any atom is -0.497 e. The first-order valence-corrected chi connectivity index (χ1v) is 8.00. The number of nitrogens with zero attached hydrogens (tertiary/aromatic N) is 2. The lowest BCUT2D eigenvalue weighted by Gasteiger charge is -2.08. The Balaban J connectivity index is 1.63. The monoisotopic (exact) mass is 346 g/mol. The number of nitrogens with one attached hydrogen (secondary N) is 2. The van der Waals surface area contributed by atoms with Gasteiger partial charge in [0.2, 0.25) is 5.91 Å². The van der Waals surface area contributed by atoms with Crippen LogP contribution in [0, 0.1) is 0 Å². The Morgan fingerprint density at radius 3 is 2.46 bits per heavy atom. The molecule has 2 N–H and O–H groups in total. The Kier molecular flexibility index (Phi) is 5.57. The average molecular weight is 346 g/mol. The van der Waals surface area contributed by atoms with Crippen LogP contribution in [0.1, 0.15) is 5.56 Å². The van der Waals surface area contributed by atoms with Crippen molar-refractivity contribution in [2.24, 2.45) is 0 Å². The maximum Gasteiger partial charge on any atom is 0.249 e. The van der Waals surface area contributed by atoms with Crippen LogP contribution in [-0.2, 0) is 4.79 Å². The molecule has 6 heteroatoms. The second-order valence-corrected chi connectivity index (χ2v) is 5.38. The lowest BCUT2D eigenvalue weighted by molar-refractivity contribution is -0.111. The SMILES string of the molecule is COc1ccc(Nc2cc(NC(=O)/C=C/c3ccccc3)ncn2)cc1. The van der Waals surface area contributed by atoms with Gasteiger partial charge in [-0.1, -0.05) is 30.3 Å². The number of rotatable bonds is 6. The number of benzene rings is 2. The molecule has 0 aliphatic carbocycles. The van der Waals surface area contributed by atoms with E-state index in [1.807, 2.05) is 54.6 Å². The lowest BCUT2D eigenvalue weighted by Crippen LogP contribution is -2.09. The first-order valence-electron chi connectivity index (χ1n) is 8.00. The van der Waals surface area contributed by atoms with E-state index in [4.69, 9.17) is 4.74 Å². The van der Waals surface area contributed by atoms with E-state index in [0.717, 1.165) is 17.0 Å². The van der Waals surface area contributed by atoms with Gasteiger partial charge in [-0.15, -0.1) is 0 Å². The number of carbonyl (C=O) groups is 1. The largest absolute Gasteiger partial charge is 0.497 e. The van der Waals surface area contributed by atoms with Gasteiger partial charge in [0.15, 0.2) is 0 Å². The van der Waals surface area contributed by atoms with Crippen LogP contribution in [0.5, 0.6) is 5.75 Å². The van der Waals surface area contributed by atoms with Crippen LogP contribution < -0.4 is 15.4 Å². The lowest BCUT2D eigenvalue weighted by atomic mass is 10.2. The van der Waals surface area contributed by atoms with E-state index in [1.165, 1.54) is 12.4 Å². The third kappa shape index (κ3) is 4.91. The fourth-order valence-corrected chi connectivity index (χ4v) is 2.22. The van der Waals surface area contributed by atoms with Crippen LogP contribution in [0.15, 0.2) is 73.1 Å². The van der Waals surface area contributed by atoms with Gasteiger partial charge in [-0.05, 0) is 35.9 Å². The molecule has 1 amide bonds. The zero-order valence-electron chi connectivity index (χ0n) is 14.2. The van der Waals surface area contributed by atoms with Crippen LogP contribution in [0.25, 0.3) is 6.08 Å². The Hall–Kier alpha value is -3.67. The van der Waals surface area contributed by atoms with Gasteiger partial charge >= 0.3 is 0 Å². The van der Waals surface area contributed by atoms with E-state index in [2.05, 4.69) is 20.6 Å². The first-order chi connectivity index (χ1) is 12.7. The molecule has 0 fully saturated rings. The Labute approximate surface area is 151 Å². The molecular weight excluding hydrogens is 328 g/mol. The van der Waals surface area contributed by atoms with E-state index in [1.54, 1.807) is 19.3 Å². The van der Waals surface area contributed by atoms with E-state index >= 15 is 0 Å². The number of hydrogen-bond donors (Lipinski definition) is 2. The van der Waals surface area contributed by atoms with Gasteiger partial charge in [0.1, 0.15) is 23.7 Å². The van der Waals surface area contributed by atoms with E-state index in [-0.39, 0.29) is 5.91 Å². The molecule has 26 heavy (non-hydrogen) atoms. The van der Waals surface area contributed by atoms with Gasteiger partial charge in [-0.3, -0.25) is 4.79 Å². The zero-order valence-corrected chi connectivity index (χ0v) is 14.2. The Morgan fingerprint density at radius 2 is 1.73 bits per heavy atom. The third-order valence-electron chi connectivity index (χ3n) is 3.51. The molecule has 6 nitrogen and oxygen atoms in total. The standard InChI is InChI=1S/C20H18N4O2/c1-26-17-10-8-16(9-11-17)23-18-13-19(22-14-21-18)24-20(25)12-7-15-5-3-2-4-6-15/h2-14H,1H3,(H2,21,22,23,24,25)/b12-7+. The van der Waals surface area contributed by atoms with Crippen molar-refractivity contribution in [1.29, 1.82) is 0 Å². The first kappa shape index (κ1) is 17.2. The van der Waals surface area contributed by atoms with Crippen LogP contribution in [0.4, 0.5) is 17.3 Å². The molecule has 0 aliphatic heterocycles. The van der Waals surface area contributed by atoms with Crippen molar-refractivity contribution in [3.63, 3.8) is 0 Å². The highest BCUT2D eigenvalue weighted by molar-refractivity contribution is 6.01. The number of aromatic nitrogens is 2. The maximum atomic E-state index is 12.0. The third-order valence-corrected chi connectivity index (χ3v) is 3.51. The molecule has 0 spiro atoms. The van der Waals surface area contributed by atoms with E-state index in [9.17, 15) is 4.79 Å². The molecular formula is C20H18N4O2. The number of hydrogen-bond acceptors (Lipinski definition) is 5. The molecule has 3 rings (SSSR count). The summed E-state index contributed by atoms with van der Waals surface area (Å²) in [7, 11) is 1.62. The highest BCUT2D eigenvalue weighted by Crippen LogP contribution is 2.19. The molecule has 130 valence electrons. The summed E-state index contributed by atoms with van der Waals surface area (Å²) in [5, 5.41) is 5.87. The van der Waals surface area contributed by atoms with Crippen LogP contribution in [-0.4, -0.2) is 23.0 Å². The molecule has 0 saturated carbocycles. The zero-order chi connectivity index (χ0) is 18.2. The summed E-state index contributed by atoms with van der Waals surface area (Å²) in [5.74, 6) is 1.51. The molecule has 0 bridgehead atoms. The van der Waals surface area contributed by atoms with Crippen molar-refractivity contribution in [3.8, 4) is 5.75 Å². The fraction of sp³-hybridized carbons (Fsp3) is 0.0500. The van der Waals surface area contributed by atoms with Gasteiger partial charge in [0.25, 0.3) is 0 Å². The van der Waals surface area contributed by atoms with Crippen molar-refractivity contribution in [2.75, 3.05) is 17.7 Å². The minimum atomic E-state index is -0.261. The molecule has 0 saturated heterocycles. The second kappa shape index (κ2) is 8.43. The smallest absolute Gasteiger partial charge is 0.249 e. The Bertz CT molecular complexity index is 893. The summed E-state index contributed by atoms with van der Waals surface area (Å²) >= 11 is 0. The number of carbonyl (C=O) groups excluding carboxylic acids is 1. The summed E-state index contributed by atoms with van der Waals surface area (Å²) in [6.07, 6.45) is 4.60. The summed E-state index contributed by atoms with van der Waals surface area (Å²) in [4.78, 5) is 20.3. The van der Waals surface area contributed by atoms with Crippen LogP contribution in [0.3, 0.4) is 0 Å². The average Bonchev–Trinajstić information content (AvgIpc) is 2.68. The summed E-state index contributed by atoms with van der Waals surface area (Å²) in [6.45, 7) is 0. The van der Waals surface area contributed by atoms with Crippen molar-refractivity contribution in [2.45, 2.75) is 0 Å². The Morgan fingerprint density at radius 1 is 1.00 bits per heavy atom. The van der Waals surface area contributed by atoms with Crippen LogP contribution in [0.2, 0.25) is 0 Å². The number of amides is 1.